The summed E-state index contributed by atoms with van der Waals surface area (Å²) in [6.45, 7) is 2.02. The maximum atomic E-state index is 13.2. The van der Waals surface area contributed by atoms with Gasteiger partial charge in [-0.3, -0.25) is 0 Å². The number of alkyl halides is 1. The second-order valence-electron chi connectivity index (χ2n) is 5.13. The van der Waals surface area contributed by atoms with Gasteiger partial charge in [-0.2, -0.15) is 4.98 Å². The van der Waals surface area contributed by atoms with Gasteiger partial charge in [-0.15, -0.1) is 11.3 Å². The quantitative estimate of drug-likeness (QED) is 0.243. The van der Waals surface area contributed by atoms with E-state index in [0.717, 1.165) is 4.88 Å². The van der Waals surface area contributed by atoms with Crippen LogP contribution in [0.2, 0.25) is 5.28 Å². The maximum Gasteiger partial charge on any atom is 0.225 e. The van der Waals surface area contributed by atoms with Gasteiger partial charge in [0.2, 0.25) is 5.28 Å². The Bertz CT molecular complexity index is 993. The SMILES string of the molecule is CC(F)/C=C\c1oc2c(NCc3cccs3)nc(Cl)nc2c1C#CSI. The molecule has 3 aromatic rings. The first-order chi connectivity index (χ1) is 12.6. The number of hydrogen-bond acceptors (Lipinski definition) is 6. The molecule has 0 aliphatic heterocycles. The predicted octanol–water partition coefficient (Wildman–Crippen LogP) is 6.31. The third kappa shape index (κ3) is 4.71. The van der Waals surface area contributed by atoms with Crippen molar-refractivity contribution in [2.24, 2.45) is 0 Å². The van der Waals surface area contributed by atoms with Gasteiger partial charge in [0.25, 0.3) is 0 Å². The number of nitrogens with zero attached hydrogens (tertiary/aromatic N) is 2. The van der Waals surface area contributed by atoms with Gasteiger partial charge in [-0.25, -0.2) is 9.37 Å². The lowest BCUT2D eigenvalue weighted by molar-refractivity contribution is 0.431. The Morgan fingerprint density at radius 3 is 3.08 bits per heavy atom. The predicted molar refractivity (Wildman–Crippen MR) is 117 cm³/mol. The molecule has 0 aliphatic rings. The summed E-state index contributed by atoms with van der Waals surface area (Å²) in [7, 11) is 1.34. The summed E-state index contributed by atoms with van der Waals surface area (Å²) >= 11 is 9.80. The highest BCUT2D eigenvalue weighted by molar-refractivity contribution is 14.2. The number of rotatable bonds is 5. The second kappa shape index (κ2) is 9.08. The largest absolute Gasteiger partial charge is 0.450 e. The summed E-state index contributed by atoms with van der Waals surface area (Å²) in [6.07, 6.45) is 1.85. The van der Waals surface area contributed by atoms with Gasteiger partial charge in [-0.1, -0.05) is 6.07 Å². The van der Waals surface area contributed by atoms with Gasteiger partial charge in [0.1, 0.15) is 17.4 Å². The monoisotopic (exact) mass is 519 g/mol. The fourth-order valence-corrected chi connectivity index (χ4v) is 3.48. The van der Waals surface area contributed by atoms with Crippen molar-refractivity contribution >= 4 is 76.1 Å². The van der Waals surface area contributed by atoms with E-state index in [2.05, 4.69) is 47.7 Å². The van der Waals surface area contributed by atoms with Crippen molar-refractivity contribution in [2.45, 2.75) is 19.6 Å². The van der Waals surface area contributed by atoms with E-state index in [4.69, 9.17) is 16.0 Å². The standard InChI is InChI=1S/C17H12ClFIN3OS2/c1-10(19)4-5-13-12(6-8-26-20)14-15(24-13)16(23-17(18)22-14)21-9-11-3-2-7-25-11/h2-5,7,10H,9H2,1H3,(H,21,22,23)/b5-4-. The molecule has 3 heterocycles. The molecule has 0 saturated carbocycles. The molecule has 0 radical (unpaired) electrons. The number of aromatic nitrogens is 2. The van der Waals surface area contributed by atoms with Gasteiger partial charge >= 0.3 is 0 Å². The van der Waals surface area contributed by atoms with E-state index < -0.39 is 6.17 Å². The van der Waals surface area contributed by atoms with Crippen molar-refractivity contribution in [3.8, 4) is 11.2 Å². The number of halogens is 3. The van der Waals surface area contributed by atoms with Gasteiger partial charge in [0.05, 0.1) is 12.1 Å². The van der Waals surface area contributed by atoms with Crippen molar-refractivity contribution in [1.29, 1.82) is 0 Å². The topological polar surface area (TPSA) is 51.0 Å². The number of furan rings is 1. The maximum absolute atomic E-state index is 13.2. The number of hydrogen-bond donors (Lipinski definition) is 1. The molecular weight excluding hydrogens is 508 g/mol. The van der Waals surface area contributed by atoms with E-state index in [1.165, 1.54) is 21.9 Å². The zero-order chi connectivity index (χ0) is 18.5. The number of thiophene rings is 1. The van der Waals surface area contributed by atoms with Crippen LogP contribution in [-0.2, 0) is 6.54 Å². The van der Waals surface area contributed by atoms with Crippen LogP contribution in [-0.4, -0.2) is 16.1 Å². The van der Waals surface area contributed by atoms with Gasteiger partial charge < -0.3 is 9.73 Å². The third-order valence-electron chi connectivity index (χ3n) is 3.27. The highest BCUT2D eigenvalue weighted by atomic mass is 127. The molecule has 0 aromatic carbocycles. The lowest BCUT2D eigenvalue weighted by atomic mass is 10.2. The highest BCUT2D eigenvalue weighted by Gasteiger charge is 2.18. The number of nitrogens with one attached hydrogen (secondary N) is 1. The summed E-state index contributed by atoms with van der Waals surface area (Å²) in [5.41, 5.74) is 1.51. The summed E-state index contributed by atoms with van der Waals surface area (Å²) in [6, 6.07) is 4.00. The molecule has 3 aromatic heterocycles. The fourth-order valence-electron chi connectivity index (χ4n) is 2.20. The lowest BCUT2D eigenvalue weighted by Gasteiger charge is -2.04. The van der Waals surface area contributed by atoms with Crippen LogP contribution in [0.15, 0.2) is 28.0 Å². The van der Waals surface area contributed by atoms with E-state index in [1.807, 2.05) is 17.5 Å². The Kier molecular flexibility index (Phi) is 6.80. The van der Waals surface area contributed by atoms with Crippen LogP contribution in [0.4, 0.5) is 10.2 Å². The van der Waals surface area contributed by atoms with Crippen molar-refractivity contribution in [2.75, 3.05) is 5.32 Å². The molecule has 0 fully saturated rings. The zero-order valence-electron chi connectivity index (χ0n) is 13.4. The van der Waals surface area contributed by atoms with Crippen LogP contribution in [0.25, 0.3) is 17.2 Å². The number of allylic oxidation sites excluding steroid dienone is 1. The Labute approximate surface area is 175 Å². The van der Waals surface area contributed by atoms with Crippen molar-refractivity contribution in [3.63, 3.8) is 0 Å². The van der Waals surface area contributed by atoms with E-state index in [9.17, 15) is 4.39 Å². The molecule has 9 heteroatoms. The van der Waals surface area contributed by atoms with Gasteiger partial charge in [0, 0.05) is 26.1 Å². The zero-order valence-corrected chi connectivity index (χ0v) is 18.0. The van der Waals surface area contributed by atoms with Crippen molar-refractivity contribution in [1.82, 2.24) is 9.97 Å². The molecule has 0 saturated heterocycles. The first-order valence-corrected chi connectivity index (χ1v) is 12.1. The van der Waals surface area contributed by atoms with E-state index >= 15 is 0 Å². The molecular formula is C17H12ClFIN3OS2. The van der Waals surface area contributed by atoms with Gasteiger partial charge in [-0.05, 0) is 62.2 Å². The summed E-state index contributed by atoms with van der Waals surface area (Å²) < 4.78 is 19.1. The number of anilines is 1. The Hall–Kier alpha value is -1.28. The molecule has 3 rings (SSSR count). The Morgan fingerprint density at radius 1 is 1.54 bits per heavy atom. The second-order valence-corrected chi connectivity index (χ2v) is 8.18. The normalized spacial score (nSPS) is 12.3. The van der Waals surface area contributed by atoms with Crippen LogP contribution in [0, 0.1) is 11.2 Å². The molecule has 0 aliphatic carbocycles. The molecule has 0 amide bonds. The Balaban J connectivity index is 2.08. The average Bonchev–Trinajstić information content (AvgIpc) is 3.23. The first kappa shape index (κ1) is 19.5. The highest BCUT2D eigenvalue weighted by Crippen LogP contribution is 2.31. The molecule has 0 spiro atoms. The number of fused-ring (bicyclic) bond motifs is 1. The van der Waals surface area contributed by atoms with Crippen molar-refractivity contribution in [3.05, 3.63) is 45.1 Å². The van der Waals surface area contributed by atoms with Crippen LogP contribution < -0.4 is 5.32 Å². The molecule has 1 N–H and O–H groups in total. The van der Waals surface area contributed by atoms with E-state index in [-0.39, 0.29) is 5.28 Å². The van der Waals surface area contributed by atoms with Crippen LogP contribution >= 0.6 is 53.1 Å². The molecule has 134 valence electrons. The Morgan fingerprint density at radius 2 is 2.38 bits per heavy atom. The molecule has 4 nitrogen and oxygen atoms in total. The van der Waals surface area contributed by atoms with Crippen LogP contribution in [0.3, 0.4) is 0 Å². The molecule has 1 atom stereocenters. The van der Waals surface area contributed by atoms with Crippen LogP contribution in [0.1, 0.15) is 23.1 Å². The van der Waals surface area contributed by atoms with E-state index in [1.54, 1.807) is 17.4 Å². The van der Waals surface area contributed by atoms with Crippen LogP contribution in [0.5, 0.6) is 0 Å². The van der Waals surface area contributed by atoms with E-state index in [0.29, 0.717) is 34.8 Å². The minimum absolute atomic E-state index is 0.0894. The fraction of sp³-hybridized carbons (Fsp3) is 0.176. The summed E-state index contributed by atoms with van der Waals surface area (Å²) in [5.74, 6) is 3.90. The molecule has 26 heavy (non-hydrogen) atoms. The summed E-state index contributed by atoms with van der Waals surface area (Å²) in [4.78, 5) is 9.64. The minimum atomic E-state index is -1.10. The van der Waals surface area contributed by atoms with Crippen molar-refractivity contribution < 1.29 is 8.81 Å². The average molecular weight is 520 g/mol. The van der Waals surface area contributed by atoms with Gasteiger partial charge in [0.15, 0.2) is 11.4 Å². The molecule has 1 unspecified atom stereocenters. The third-order valence-corrected chi connectivity index (χ3v) is 5.16. The smallest absolute Gasteiger partial charge is 0.225 e. The molecule has 0 bridgehead atoms. The lowest BCUT2D eigenvalue weighted by Crippen LogP contribution is -2.01. The summed E-state index contributed by atoms with van der Waals surface area (Å²) in [5, 5.41) is 8.22. The first-order valence-electron chi connectivity index (χ1n) is 7.45. The minimum Gasteiger partial charge on any atom is -0.450 e.